The number of hydrogen-bond acceptors (Lipinski definition) is 5. The Bertz CT molecular complexity index is 1500. The summed E-state index contributed by atoms with van der Waals surface area (Å²) in [4.78, 5) is 34.6. The van der Waals surface area contributed by atoms with E-state index in [0.29, 0.717) is 54.0 Å². The molecule has 1 N–H and O–H groups in total. The van der Waals surface area contributed by atoms with E-state index in [1.165, 1.54) is 17.1 Å². The Hall–Kier alpha value is -4.48. The first-order valence-corrected chi connectivity index (χ1v) is 11.2. The molecule has 4 aromatic rings. The highest BCUT2D eigenvalue weighted by atomic mass is 19.4. The molecule has 2 amide bonds. The molecule has 0 unspecified atom stereocenters. The normalized spacial score (nSPS) is 13.8. The van der Waals surface area contributed by atoms with Crippen LogP contribution >= 0.6 is 0 Å². The lowest BCUT2D eigenvalue weighted by molar-refractivity contribution is -0.140. The molecule has 0 atom stereocenters. The molecular formula is C25H19F4N5O3. The monoisotopic (exact) mass is 513 g/mol. The van der Waals surface area contributed by atoms with Crippen molar-refractivity contribution in [1.82, 2.24) is 19.4 Å². The lowest BCUT2D eigenvalue weighted by Crippen LogP contribution is -2.24. The third kappa shape index (κ3) is 5.22. The quantitative estimate of drug-likeness (QED) is 0.352. The number of benzene rings is 2. The van der Waals surface area contributed by atoms with E-state index in [2.05, 4.69) is 15.3 Å². The van der Waals surface area contributed by atoms with E-state index in [-0.39, 0.29) is 17.5 Å². The summed E-state index contributed by atoms with van der Waals surface area (Å²) in [5.74, 6) is -0.629. The molecule has 1 saturated heterocycles. The van der Waals surface area contributed by atoms with Gasteiger partial charge in [0, 0.05) is 36.3 Å². The van der Waals surface area contributed by atoms with E-state index in [1.54, 1.807) is 35.2 Å². The molecule has 8 nitrogen and oxygen atoms in total. The SMILES string of the molecule is O=C1CCCN1Cc1cc(Oc2ccc3c(ccn3C(=O)Nc3ccc(F)c(C(F)(F)F)c3)c2)ncn1. The maximum Gasteiger partial charge on any atom is 0.419 e. The first-order valence-electron chi connectivity index (χ1n) is 11.2. The molecule has 5 rings (SSSR count). The second-order valence-electron chi connectivity index (χ2n) is 8.40. The summed E-state index contributed by atoms with van der Waals surface area (Å²) in [6, 6.07) is 9.70. The van der Waals surface area contributed by atoms with Gasteiger partial charge in [0.25, 0.3) is 0 Å². The smallest absolute Gasteiger partial charge is 0.419 e. The van der Waals surface area contributed by atoms with Crippen LogP contribution in [0.3, 0.4) is 0 Å². The summed E-state index contributed by atoms with van der Waals surface area (Å²) < 4.78 is 59.5. The van der Waals surface area contributed by atoms with Crippen LogP contribution in [0.2, 0.25) is 0 Å². The van der Waals surface area contributed by atoms with E-state index < -0.39 is 23.6 Å². The second kappa shape index (κ2) is 9.52. The van der Waals surface area contributed by atoms with Gasteiger partial charge in [-0.2, -0.15) is 13.2 Å². The number of carbonyl (C=O) groups excluding carboxylic acids is 2. The van der Waals surface area contributed by atoms with Crippen LogP contribution in [0, 0.1) is 5.82 Å². The van der Waals surface area contributed by atoms with Crippen LogP contribution in [-0.2, 0) is 17.5 Å². The molecule has 0 aliphatic carbocycles. The molecule has 1 aliphatic rings. The summed E-state index contributed by atoms with van der Waals surface area (Å²) in [5, 5.41) is 2.98. The molecule has 2 aromatic heterocycles. The molecule has 0 bridgehead atoms. The fourth-order valence-corrected chi connectivity index (χ4v) is 4.07. The van der Waals surface area contributed by atoms with Gasteiger partial charge < -0.3 is 15.0 Å². The van der Waals surface area contributed by atoms with Crippen LogP contribution in [-0.4, -0.2) is 37.9 Å². The number of amides is 2. The van der Waals surface area contributed by atoms with E-state index in [1.807, 2.05) is 0 Å². The van der Waals surface area contributed by atoms with E-state index >= 15 is 0 Å². The molecule has 2 aromatic carbocycles. The lowest BCUT2D eigenvalue weighted by atomic mass is 10.2. The number of ether oxygens (including phenoxy) is 1. The molecule has 0 spiro atoms. The van der Waals surface area contributed by atoms with Gasteiger partial charge in [0.05, 0.1) is 23.3 Å². The first-order chi connectivity index (χ1) is 17.7. The Morgan fingerprint density at radius 1 is 1.08 bits per heavy atom. The summed E-state index contributed by atoms with van der Waals surface area (Å²) in [7, 11) is 0. The standard InChI is InChI=1S/C25H19F4N5O3/c26-20-5-3-16(11-19(20)25(27,28)29)32-24(36)34-9-7-15-10-18(4-6-21(15)34)37-22-12-17(30-14-31-22)13-33-8-1-2-23(33)35/h3-7,9-12,14H,1-2,8,13H2,(H,32,36). The maximum absolute atomic E-state index is 13.5. The summed E-state index contributed by atoms with van der Waals surface area (Å²) in [6.07, 6.45) is -0.733. The number of aromatic nitrogens is 3. The number of likely N-dealkylation sites (tertiary alicyclic amines) is 1. The van der Waals surface area contributed by atoms with Crippen LogP contribution in [0.4, 0.5) is 28.0 Å². The average Bonchev–Trinajstić information content (AvgIpc) is 3.45. The highest BCUT2D eigenvalue weighted by Crippen LogP contribution is 2.33. The zero-order valence-electron chi connectivity index (χ0n) is 19.1. The minimum absolute atomic E-state index is 0.0836. The number of rotatable bonds is 5. The van der Waals surface area contributed by atoms with Gasteiger partial charge in [-0.3, -0.25) is 9.36 Å². The molecule has 12 heteroatoms. The molecule has 1 aliphatic heterocycles. The van der Waals surface area contributed by atoms with Gasteiger partial charge in [-0.15, -0.1) is 0 Å². The van der Waals surface area contributed by atoms with Crippen molar-refractivity contribution in [1.29, 1.82) is 0 Å². The van der Waals surface area contributed by atoms with Gasteiger partial charge in [0.15, 0.2) is 0 Å². The molecule has 1 fully saturated rings. The van der Waals surface area contributed by atoms with Crippen LogP contribution in [0.15, 0.2) is 61.1 Å². The van der Waals surface area contributed by atoms with Crippen molar-refractivity contribution in [2.45, 2.75) is 25.6 Å². The maximum atomic E-state index is 13.5. The number of nitrogens with one attached hydrogen (secondary N) is 1. The fourth-order valence-electron chi connectivity index (χ4n) is 4.07. The minimum Gasteiger partial charge on any atom is -0.439 e. The number of nitrogens with zero attached hydrogens (tertiary/aromatic N) is 4. The van der Waals surface area contributed by atoms with Crippen molar-refractivity contribution in [2.24, 2.45) is 0 Å². The van der Waals surface area contributed by atoms with Crippen molar-refractivity contribution < 1.29 is 31.9 Å². The van der Waals surface area contributed by atoms with Crippen LogP contribution in [0.25, 0.3) is 10.9 Å². The van der Waals surface area contributed by atoms with Crippen molar-refractivity contribution in [2.75, 3.05) is 11.9 Å². The summed E-state index contributed by atoms with van der Waals surface area (Å²) in [5.41, 5.74) is -0.558. The van der Waals surface area contributed by atoms with Crippen LogP contribution < -0.4 is 10.1 Å². The van der Waals surface area contributed by atoms with Gasteiger partial charge in [0.1, 0.15) is 17.9 Å². The van der Waals surface area contributed by atoms with Crippen molar-refractivity contribution in [3.63, 3.8) is 0 Å². The van der Waals surface area contributed by atoms with Gasteiger partial charge in [-0.1, -0.05) is 0 Å². The Morgan fingerprint density at radius 3 is 2.68 bits per heavy atom. The van der Waals surface area contributed by atoms with Gasteiger partial charge in [-0.25, -0.2) is 19.2 Å². The summed E-state index contributed by atoms with van der Waals surface area (Å²) in [6.45, 7) is 1.05. The third-order valence-electron chi connectivity index (χ3n) is 5.85. The number of anilines is 1. The molecule has 37 heavy (non-hydrogen) atoms. The van der Waals surface area contributed by atoms with Gasteiger partial charge in [-0.05, 0) is 48.9 Å². The van der Waals surface area contributed by atoms with Crippen molar-refractivity contribution in [3.8, 4) is 11.6 Å². The zero-order valence-corrected chi connectivity index (χ0v) is 19.1. The number of halogens is 4. The van der Waals surface area contributed by atoms with Crippen molar-refractivity contribution >= 4 is 28.5 Å². The number of alkyl halides is 3. The van der Waals surface area contributed by atoms with Gasteiger partial charge >= 0.3 is 12.2 Å². The Kier molecular flexibility index (Phi) is 6.24. The average molecular weight is 513 g/mol. The summed E-state index contributed by atoms with van der Waals surface area (Å²) >= 11 is 0. The van der Waals surface area contributed by atoms with Gasteiger partial charge in [0.2, 0.25) is 11.8 Å². The Labute approximate surface area is 207 Å². The molecule has 0 saturated carbocycles. The molecular weight excluding hydrogens is 494 g/mol. The number of fused-ring (bicyclic) bond motifs is 1. The Morgan fingerprint density at radius 2 is 1.92 bits per heavy atom. The zero-order chi connectivity index (χ0) is 26.2. The van der Waals surface area contributed by atoms with E-state index in [9.17, 15) is 27.2 Å². The predicted molar refractivity (Wildman–Crippen MR) is 125 cm³/mol. The third-order valence-corrected chi connectivity index (χ3v) is 5.85. The minimum atomic E-state index is -4.89. The topological polar surface area (TPSA) is 89.4 Å². The number of carbonyl (C=O) groups is 2. The molecule has 3 heterocycles. The number of hydrogen-bond donors (Lipinski definition) is 1. The van der Waals surface area contributed by atoms with Crippen molar-refractivity contribution in [3.05, 3.63) is 78.1 Å². The molecule has 0 radical (unpaired) electrons. The fraction of sp³-hybridized carbons (Fsp3) is 0.200. The first kappa shape index (κ1) is 24.2. The van der Waals surface area contributed by atoms with Crippen LogP contribution in [0.5, 0.6) is 11.6 Å². The van der Waals surface area contributed by atoms with E-state index in [0.717, 1.165) is 12.5 Å². The highest BCUT2D eigenvalue weighted by molar-refractivity contribution is 5.98. The second-order valence-corrected chi connectivity index (χ2v) is 8.40. The highest BCUT2D eigenvalue weighted by Gasteiger charge is 2.34. The molecule has 190 valence electrons. The van der Waals surface area contributed by atoms with E-state index in [4.69, 9.17) is 4.74 Å². The van der Waals surface area contributed by atoms with Crippen LogP contribution in [0.1, 0.15) is 24.1 Å². The lowest BCUT2D eigenvalue weighted by Gasteiger charge is -2.15. The largest absolute Gasteiger partial charge is 0.439 e. The predicted octanol–water partition coefficient (Wildman–Crippen LogP) is 5.58. The Balaban J connectivity index is 1.31.